The van der Waals surface area contributed by atoms with Crippen molar-refractivity contribution in [2.75, 3.05) is 37.0 Å². The SMILES string of the molecule is CCS(=O)(=O)C1CSCCN1C1(CN)CCOC(C)(C)C1. The smallest absolute Gasteiger partial charge is 0.166 e. The number of sulfone groups is 1. The summed E-state index contributed by atoms with van der Waals surface area (Å²) in [4.78, 5) is 2.19. The van der Waals surface area contributed by atoms with Crippen LogP contribution in [0.25, 0.3) is 0 Å². The topological polar surface area (TPSA) is 72.6 Å². The van der Waals surface area contributed by atoms with E-state index in [9.17, 15) is 8.42 Å². The first-order valence-corrected chi connectivity index (χ1v) is 10.5. The fourth-order valence-electron chi connectivity index (χ4n) is 3.60. The van der Waals surface area contributed by atoms with E-state index in [0.717, 1.165) is 25.1 Å². The molecule has 2 heterocycles. The summed E-state index contributed by atoms with van der Waals surface area (Å²) in [5.74, 6) is 1.81. The summed E-state index contributed by atoms with van der Waals surface area (Å²) in [5.41, 5.74) is 5.64. The molecule has 0 aromatic heterocycles. The van der Waals surface area contributed by atoms with Crippen molar-refractivity contribution >= 4 is 21.6 Å². The molecule has 5 nitrogen and oxygen atoms in total. The summed E-state index contributed by atoms with van der Waals surface area (Å²) >= 11 is 1.73. The van der Waals surface area contributed by atoms with Gasteiger partial charge in [-0.1, -0.05) is 6.92 Å². The van der Waals surface area contributed by atoms with Crippen LogP contribution >= 0.6 is 11.8 Å². The van der Waals surface area contributed by atoms with Gasteiger partial charge in [-0.05, 0) is 26.7 Å². The van der Waals surface area contributed by atoms with Gasteiger partial charge < -0.3 is 10.5 Å². The molecule has 0 bridgehead atoms. The number of hydrogen-bond donors (Lipinski definition) is 1. The predicted molar refractivity (Wildman–Crippen MR) is 88.3 cm³/mol. The van der Waals surface area contributed by atoms with Gasteiger partial charge in [0.1, 0.15) is 5.37 Å². The van der Waals surface area contributed by atoms with E-state index < -0.39 is 15.2 Å². The van der Waals surface area contributed by atoms with E-state index in [-0.39, 0.29) is 16.9 Å². The number of nitrogens with two attached hydrogens (primary N) is 1. The van der Waals surface area contributed by atoms with Crippen molar-refractivity contribution in [1.82, 2.24) is 4.90 Å². The summed E-state index contributed by atoms with van der Waals surface area (Å²) in [6.45, 7) is 7.79. The third-order valence-electron chi connectivity index (χ3n) is 4.71. The van der Waals surface area contributed by atoms with Gasteiger partial charge in [-0.25, -0.2) is 8.42 Å². The number of thioether (sulfide) groups is 1. The molecule has 0 aromatic carbocycles. The first-order chi connectivity index (χ1) is 9.76. The van der Waals surface area contributed by atoms with Crippen LogP contribution in [0.2, 0.25) is 0 Å². The highest BCUT2D eigenvalue weighted by Gasteiger charge is 2.49. The van der Waals surface area contributed by atoms with Gasteiger partial charge in [0.2, 0.25) is 0 Å². The Morgan fingerprint density at radius 1 is 1.43 bits per heavy atom. The van der Waals surface area contributed by atoms with Gasteiger partial charge in [-0.15, -0.1) is 0 Å². The van der Waals surface area contributed by atoms with Crippen LogP contribution in [0.15, 0.2) is 0 Å². The summed E-state index contributed by atoms with van der Waals surface area (Å²) in [6.07, 6.45) is 1.60. The standard InChI is InChI=1S/C14H28N2O3S2/c1-4-21(17,18)12-9-20-8-6-16(12)14(11-15)5-7-19-13(2,3)10-14/h12H,4-11,15H2,1-3H3. The molecule has 2 atom stereocenters. The van der Waals surface area contributed by atoms with Crippen LogP contribution < -0.4 is 5.73 Å². The van der Waals surface area contributed by atoms with E-state index in [1.54, 1.807) is 18.7 Å². The Balaban J connectivity index is 2.34. The zero-order chi connectivity index (χ0) is 15.7. The maximum Gasteiger partial charge on any atom is 0.166 e. The molecular weight excluding hydrogens is 308 g/mol. The molecule has 21 heavy (non-hydrogen) atoms. The van der Waals surface area contributed by atoms with Crippen molar-refractivity contribution in [2.24, 2.45) is 5.73 Å². The Hall–Kier alpha value is 0.180. The highest BCUT2D eigenvalue weighted by molar-refractivity contribution is 8.01. The van der Waals surface area contributed by atoms with Gasteiger partial charge >= 0.3 is 0 Å². The molecule has 2 unspecified atom stereocenters. The normalized spacial score (nSPS) is 34.8. The Morgan fingerprint density at radius 3 is 2.71 bits per heavy atom. The van der Waals surface area contributed by atoms with Crippen molar-refractivity contribution in [3.8, 4) is 0 Å². The predicted octanol–water partition coefficient (Wildman–Crippen LogP) is 1.08. The van der Waals surface area contributed by atoms with Crippen LogP contribution in [0.5, 0.6) is 0 Å². The number of nitrogens with zero attached hydrogens (tertiary/aromatic N) is 1. The van der Waals surface area contributed by atoms with E-state index in [2.05, 4.69) is 18.7 Å². The third-order valence-corrected chi connectivity index (χ3v) is 7.99. The molecule has 2 fully saturated rings. The molecule has 2 N–H and O–H groups in total. The van der Waals surface area contributed by atoms with Crippen LogP contribution in [0.1, 0.15) is 33.6 Å². The summed E-state index contributed by atoms with van der Waals surface area (Å²) in [7, 11) is -3.10. The summed E-state index contributed by atoms with van der Waals surface area (Å²) < 4.78 is 30.8. The minimum absolute atomic E-state index is 0.190. The first kappa shape index (κ1) is 17.5. The number of rotatable bonds is 4. The van der Waals surface area contributed by atoms with Crippen molar-refractivity contribution in [3.05, 3.63) is 0 Å². The summed E-state index contributed by atoms with van der Waals surface area (Å²) in [5, 5.41) is -0.404. The van der Waals surface area contributed by atoms with Crippen molar-refractivity contribution < 1.29 is 13.2 Å². The van der Waals surface area contributed by atoms with E-state index in [1.807, 2.05) is 0 Å². The highest BCUT2D eigenvalue weighted by atomic mass is 32.2. The van der Waals surface area contributed by atoms with Crippen molar-refractivity contribution in [3.63, 3.8) is 0 Å². The van der Waals surface area contributed by atoms with Gasteiger partial charge in [0.05, 0.1) is 5.60 Å². The van der Waals surface area contributed by atoms with Crippen molar-refractivity contribution in [2.45, 2.75) is 50.1 Å². The second-order valence-corrected chi connectivity index (χ2v) is 10.2. The van der Waals surface area contributed by atoms with Crippen LogP contribution in [0.4, 0.5) is 0 Å². The molecule has 2 aliphatic rings. The summed E-state index contributed by atoms with van der Waals surface area (Å²) in [6, 6.07) is 0. The average Bonchev–Trinajstić information content (AvgIpc) is 2.46. The minimum Gasteiger partial charge on any atom is -0.375 e. The molecule has 7 heteroatoms. The highest BCUT2D eigenvalue weighted by Crippen LogP contribution is 2.39. The zero-order valence-electron chi connectivity index (χ0n) is 13.3. The first-order valence-electron chi connectivity index (χ1n) is 7.66. The molecule has 0 spiro atoms. The van der Waals surface area contributed by atoms with E-state index in [4.69, 9.17) is 10.5 Å². The Morgan fingerprint density at radius 2 is 2.14 bits per heavy atom. The minimum atomic E-state index is -3.10. The quantitative estimate of drug-likeness (QED) is 0.828. The molecule has 124 valence electrons. The third kappa shape index (κ3) is 3.58. The fraction of sp³-hybridized carbons (Fsp3) is 1.00. The number of hydrogen-bond acceptors (Lipinski definition) is 6. The lowest BCUT2D eigenvalue weighted by Crippen LogP contribution is -2.66. The molecule has 0 amide bonds. The molecule has 2 rings (SSSR count). The molecule has 0 aliphatic carbocycles. The zero-order valence-corrected chi connectivity index (χ0v) is 14.9. The van der Waals surface area contributed by atoms with Crippen molar-refractivity contribution in [1.29, 1.82) is 0 Å². The largest absolute Gasteiger partial charge is 0.375 e. The van der Waals surface area contributed by atoms with Crippen LogP contribution in [-0.2, 0) is 14.6 Å². The van der Waals surface area contributed by atoms with E-state index >= 15 is 0 Å². The van der Waals surface area contributed by atoms with E-state index in [1.165, 1.54) is 0 Å². The van der Waals surface area contributed by atoms with Gasteiger partial charge in [-0.3, -0.25) is 4.90 Å². The second-order valence-electron chi connectivity index (χ2n) is 6.64. The number of ether oxygens (including phenoxy) is 1. The Bertz CT molecular complexity index is 467. The van der Waals surface area contributed by atoms with Crippen LogP contribution in [0.3, 0.4) is 0 Å². The van der Waals surface area contributed by atoms with Crippen LogP contribution in [-0.4, -0.2) is 66.8 Å². The lowest BCUT2D eigenvalue weighted by molar-refractivity contribution is -0.119. The lowest BCUT2D eigenvalue weighted by Gasteiger charge is -2.54. The monoisotopic (exact) mass is 336 g/mol. The molecular formula is C14H28N2O3S2. The Kier molecular flexibility index (Phi) is 5.31. The Labute approximate surface area is 132 Å². The molecule has 2 aliphatic heterocycles. The molecule has 2 saturated heterocycles. The fourth-order valence-corrected chi connectivity index (χ4v) is 6.69. The van der Waals surface area contributed by atoms with E-state index in [0.29, 0.717) is 18.9 Å². The van der Waals surface area contributed by atoms with Gasteiger partial charge in [0.25, 0.3) is 0 Å². The molecule has 0 saturated carbocycles. The van der Waals surface area contributed by atoms with Gasteiger partial charge in [0.15, 0.2) is 9.84 Å². The van der Waals surface area contributed by atoms with Gasteiger partial charge in [-0.2, -0.15) is 11.8 Å². The maximum atomic E-state index is 12.5. The van der Waals surface area contributed by atoms with Crippen LogP contribution in [0, 0.1) is 0 Å². The molecule has 0 radical (unpaired) electrons. The maximum absolute atomic E-state index is 12.5. The second kappa shape index (κ2) is 6.35. The average molecular weight is 337 g/mol. The molecule has 0 aromatic rings. The lowest BCUT2D eigenvalue weighted by atomic mass is 9.79. The van der Waals surface area contributed by atoms with Gasteiger partial charge in [0, 0.05) is 42.5 Å².